The topological polar surface area (TPSA) is 60.7 Å². The Kier molecular flexibility index (Phi) is 4.03. The number of fused-ring (bicyclic) bond motifs is 1. The van der Waals surface area contributed by atoms with E-state index >= 15 is 0 Å². The lowest BCUT2D eigenvalue weighted by Crippen LogP contribution is -2.59. The summed E-state index contributed by atoms with van der Waals surface area (Å²) in [7, 11) is 0. The Bertz CT molecular complexity index is 324. The fraction of sp³-hybridized carbons (Fsp3) is 1.00. The molecule has 0 bridgehead atoms. The molecule has 2 rings (SSSR count). The minimum absolute atomic E-state index is 0.0167. The normalized spacial score (nSPS) is 50.8. The van der Waals surface area contributed by atoms with E-state index in [2.05, 4.69) is 13.8 Å². The molecule has 5 atom stereocenters. The number of aliphatic hydroxyl groups excluding tert-OH is 2. The van der Waals surface area contributed by atoms with Crippen molar-refractivity contribution in [1.29, 1.82) is 0 Å². The summed E-state index contributed by atoms with van der Waals surface area (Å²) in [4.78, 5) is 0. The molecule has 0 saturated heterocycles. The highest BCUT2D eigenvalue weighted by Gasteiger charge is 2.58. The van der Waals surface area contributed by atoms with Gasteiger partial charge in [-0.25, -0.2) is 0 Å². The van der Waals surface area contributed by atoms with Gasteiger partial charge in [-0.2, -0.15) is 0 Å². The lowest BCUT2D eigenvalue weighted by molar-refractivity contribution is -0.181. The summed E-state index contributed by atoms with van der Waals surface area (Å²) in [5.41, 5.74) is -0.654. The van der Waals surface area contributed by atoms with Gasteiger partial charge in [-0.1, -0.05) is 20.3 Å². The lowest BCUT2D eigenvalue weighted by Gasteiger charge is -2.61. The molecule has 0 aromatic heterocycles. The van der Waals surface area contributed by atoms with E-state index in [9.17, 15) is 15.3 Å². The van der Waals surface area contributed by atoms with Gasteiger partial charge in [-0.15, -0.1) is 0 Å². The van der Waals surface area contributed by atoms with Crippen LogP contribution >= 0.6 is 0 Å². The smallest absolute Gasteiger partial charge is 0.0654 e. The zero-order valence-corrected chi connectivity index (χ0v) is 12.7. The molecule has 3 nitrogen and oxygen atoms in total. The van der Waals surface area contributed by atoms with Crippen molar-refractivity contribution in [3.05, 3.63) is 0 Å². The van der Waals surface area contributed by atoms with Crippen molar-refractivity contribution >= 4 is 0 Å². The largest absolute Gasteiger partial charge is 0.396 e. The highest BCUT2D eigenvalue weighted by atomic mass is 16.3. The quantitative estimate of drug-likeness (QED) is 0.737. The number of aliphatic hydroxyl groups is 3. The SMILES string of the molecule is C[C@@]1(CO)CCC[C@]2(C)[C@@H](CCO)[C@](C)(O)CC[C@@H]12. The van der Waals surface area contributed by atoms with Crippen molar-refractivity contribution in [3.63, 3.8) is 0 Å². The Labute approximate surface area is 117 Å². The van der Waals surface area contributed by atoms with Crippen LogP contribution in [0.2, 0.25) is 0 Å². The van der Waals surface area contributed by atoms with Crippen LogP contribution in [0.15, 0.2) is 0 Å². The third-order valence-corrected chi connectivity index (χ3v) is 6.37. The molecule has 19 heavy (non-hydrogen) atoms. The van der Waals surface area contributed by atoms with E-state index in [-0.39, 0.29) is 30.0 Å². The summed E-state index contributed by atoms with van der Waals surface area (Å²) in [5.74, 6) is 0.588. The van der Waals surface area contributed by atoms with Gasteiger partial charge in [0.15, 0.2) is 0 Å². The number of hydrogen-bond acceptors (Lipinski definition) is 3. The highest BCUT2D eigenvalue weighted by Crippen LogP contribution is 2.62. The molecule has 0 spiro atoms. The molecule has 3 N–H and O–H groups in total. The van der Waals surface area contributed by atoms with Crippen molar-refractivity contribution in [1.82, 2.24) is 0 Å². The summed E-state index contributed by atoms with van der Waals surface area (Å²) < 4.78 is 0. The Morgan fingerprint density at radius 1 is 1.05 bits per heavy atom. The average molecular weight is 270 g/mol. The fourth-order valence-electron chi connectivity index (χ4n) is 5.39. The molecule has 112 valence electrons. The zero-order valence-electron chi connectivity index (χ0n) is 12.7. The molecule has 2 fully saturated rings. The minimum Gasteiger partial charge on any atom is -0.396 e. The predicted octanol–water partition coefficient (Wildman–Crippen LogP) is 2.33. The van der Waals surface area contributed by atoms with E-state index in [0.717, 1.165) is 32.1 Å². The molecular formula is C16H30O3. The first kappa shape index (κ1) is 15.3. The Morgan fingerprint density at radius 3 is 2.32 bits per heavy atom. The standard InChI is InChI=1S/C16H30O3/c1-14(11-18)7-4-8-15(2)12(14)5-9-16(3,19)13(15)6-10-17/h12-13,17-19H,4-11H2,1-3H3/t12-,13+,14-,15-,16+/m0/s1. The van der Waals surface area contributed by atoms with Gasteiger partial charge < -0.3 is 15.3 Å². The van der Waals surface area contributed by atoms with Gasteiger partial charge in [-0.3, -0.25) is 0 Å². The lowest BCUT2D eigenvalue weighted by atomic mass is 9.45. The van der Waals surface area contributed by atoms with Crippen molar-refractivity contribution in [2.24, 2.45) is 22.7 Å². The van der Waals surface area contributed by atoms with Crippen molar-refractivity contribution in [2.75, 3.05) is 13.2 Å². The summed E-state index contributed by atoms with van der Waals surface area (Å²) >= 11 is 0. The van der Waals surface area contributed by atoms with E-state index < -0.39 is 5.60 Å². The Hall–Kier alpha value is -0.120. The average Bonchev–Trinajstić information content (AvgIpc) is 2.33. The Balaban J connectivity index is 2.36. The van der Waals surface area contributed by atoms with Gasteiger partial charge in [0.05, 0.1) is 5.60 Å². The third-order valence-electron chi connectivity index (χ3n) is 6.37. The summed E-state index contributed by atoms with van der Waals surface area (Å²) in [6.07, 6.45) is 5.74. The molecule has 2 aliphatic carbocycles. The van der Waals surface area contributed by atoms with E-state index in [1.165, 1.54) is 0 Å². The molecule has 3 heteroatoms. The van der Waals surface area contributed by atoms with Crippen LogP contribution in [0.3, 0.4) is 0 Å². The van der Waals surface area contributed by atoms with E-state index in [1.54, 1.807) is 0 Å². The van der Waals surface area contributed by atoms with Crippen LogP contribution < -0.4 is 0 Å². The van der Waals surface area contributed by atoms with Crippen LogP contribution in [-0.4, -0.2) is 34.1 Å². The van der Waals surface area contributed by atoms with Gasteiger partial charge in [0.25, 0.3) is 0 Å². The van der Waals surface area contributed by atoms with E-state index in [1.807, 2.05) is 6.92 Å². The Morgan fingerprint density at radius 2 is 1.74 bits per heavy atom. The predicted molar refractivity (Wildman–Crippen MR) is 75.7 cm³/mol. The second kappa shape index (κ2) is 5.01. The molecule has 2 saturated carbocycles. The fourth-order valence-corrected chi connectivity index (χ4v) is 5.39. The molecule has 0 radical (unpaired) electrons. The molecule has 0 aromatic carbocycles. The molecular weight excluding hydrogens is 240 g/mol. The molecule has 0 amide bonds. The summed E-state index contributed by atoms with van der Waals surface area (Å²) in [6.45, 7) is 6.78. The van der Waals surface area contributed by atoms with Crippen LogP contribution in [0.5, 0.6) is 0 Å². The maximum atomic E-state index is 10.7. The van der Waals surface area contributed by atoms with Crippen molar-refractivity contribution in [3.8, 4) is 0 Å². The maximum Gasteiger partial charge on any atom is 0.0654 e. The molecule has 0 aliphatic heterocycles. The van der Waals surface area contributed by atoms with Crippen LogP contribution in [0.1, 0.15) is 59.3 Å². The maximum absolute atomic E-state index is 10.7. The van der Waals surface area contributed by atoms with Crippen molar-refractivity contribution in [2.45, 2.75) is 64.9 Å². The van der Waals surface area contributed by atoms with Crippen LogP contribution in [-0.2, 0) is 0 Å². The highest BCUT2D eigenvalue weighted by molar-refractivity contribution is 5.08. The van der Waals surface area contributed by atoms with E-state index in [0.29, 0.717) is 12.3 Å². The van der Waals surface area contributed by atoms with E-state index in [4.69, 9.17) is 0 Å². The van der Waals surface area contributed by atoms with Gasteiger partial charge in [0.2, 0.25) is 0 Å². The van der Waals surface area contributed by atoms with Gasteiger partial charge in [-0.05, 0) is 61.7 Å². The van der Waals surface area contributed by atoms with Gasteiger partial charge in [0.1, 0.15) is 0 Å². The van der Waals surface area contributed by atoms with Crippen molar-refractivity contribution < 1.29 is 15.3 Å². The zero-order chi connectivity index (χ0) is 14.3. The second-order valence-electron chi connectivity index (χ2n) is 7.68. The summed E-state index contributed by atoms with van der Waals surface area (Å²) in [5, 5.41) is 30.0. The molecule has 2 aliphatic rings. The van der Waals surface area contributed by atoms with Gasteiger partial charge in [0, 0.05) is 13.2 Å². The minimum atomic E-state index is -0.679. The van der Waals surface area contributed by atoms with Crippen LogP contribution in [0.25, 0.3) is 0 Å². The van der Waals surface area contributed by atoms with Crippen LogP contribution in [0, 0.1) is 22.7 Å². The first-order valence-corrected chi connectivity index (χ1v) is 7.74. The summed E-state index contributed by atoms with van der Waals surface area (Å²) in [6, 6.07) is 0. The third kappa shape index (κ3) is 2.34. The van der Waals surface area contributed by atoms with Crippen LogP contribution in [0.4, 0.5) is 0 Å². The first-order chi connectivity index (χ1) is 8.80. The first-order valence-electron chi connectivity index (χ1n) is 7.74. The molecule has 0 unspecified atom stereocenters. The van der Waals surface area contributed by atoms with Gasteiger partial charge >= 0.3 is 0 Å². The molecule has 0 heterocycles. The number of rotatable bonds is 3. The number of hydrogen-bond donors (Lipinski definition) is 3. The molecule has 0 aromatic rings. The second-order valence-corrected chi connectivity index (χ2v) is 7.68. The monoisotopic (exact) mass is 270 g/mol.